The highest BCUT2D eigenvalue weighted by Crippen LogP contribution is 2.38. The molecule has 84 valence electrons. The molecule has 0 spiro atoms. The first kappa shape index (κ1) is 11.3. The predicted octanol–water partition coefficient (Wildman–Crippen LogP) is 3.88. The van der Waals surface area contributed by atoms with Gasteiger partial charge in [0.1, 0.15) is 5.01 Å². The van der Waals surface area contributed by atoms with Gasteiger partial charge in [-0.2, -0.15) is 13.2 Å². The Bertz CT molecular complexity index is 509. The molecule has 0 aliphatic heterocycles. The number of hydrogen-bond acceptors (Lipinski definition) is 3. The van der Waals surface area contributed by atoms with Crippen molar-refractivity contribution in [3.63, 3.8) is 0 Å². The van der Waals surface area contributed by atoms with Crippen LogP contribution in [0.5, 0.6) is 0 Å². The van der Waals surface area contributed by atoms with Crippen LogP contribution in [-0.2, 0) is 6.18 Å². The standard InChI is InChI=1S/C9H4ClF3N2S/c10-8-15-14-7(16-8)5-3-1-2-4-6(5)9(11,12)13/h1-4H. The lowest BCUT2D eigenvalue weighted by Gasteiger charge is -2.09. The summed E-state index contributed by atoms with van der Waals surface area (Å²) in [5.41, 5.74) is -0.734. The van der Waals surface area contributed by atoms with Crippen LogP contribution in [0.25, 0.3) is 10.6 Å². The molecule has 16 heavy (non-hydrogen) atoms. The Morgan fingerprint density at radius 3 is 2.38 bits per heavy atom. The normalized spacial score (nSPS) is 11.8. The van der Waals surface area contributed by atoms with Crippen LogP contribution in [0.2, 0.25) is 4.47 Å². The summed E-state index contributed by atoms with van der Waals surface area (Å²) in [7, 11) is 0. The fourth-order valence-electron chi connectivity index (χ4n) is 1.23. The van der Waals surface area contributed by atoms with E-state index in [2.05, 4.69) is 10.2 Å². The third-order valence-corrected chi connectivity index (χ3v) is 2.92. The lowest BCUT2D eigenvalue weighted by molar-refractivity contribution is -0.137. The average molecular weight is 265 g/mol. The fraction of sp³-hybridized carbons (Fsp3) is 0.111. The molecule has 0 radical (unpaired) electrons. The Kier molecular flexibility index (Phi) is 2.86. The van der Waals surface area contributed by atoms with Crippen molar-refractivity contribution >= 4 is 22.9 Å². The van der Waals surface area contributed by atoms with Gasteiger partial charge in [-0.3, -0.25) is 0 Å². The van der Waals surface area contributed by atoms with Crippen LogP contribution >= 0.6 is 22.9 Å². The van der Waals surface area contributed by atoms with Gasteiger partial charge < -0.3 is 0 Å². The summed E-state index contributed by atoms with van der Waals surface area (Å²) in [6.07, 6.45) is -4.41. The van der Waals surface area contributed by atoms with Gasteiger partial charge in [0.05, 0.1) is 5.56 Å². The van der Waals surface area contributed by atoms with Gasteiger partial charge >= 0.3 is 6.18 Å². The summed E-state index contributed by atoms with van der Waals surface area (Å²) in [4.78, 5) is 0. The zero-order chi connectivity index (χ0) is 11.8. The number of halogens is 4. The second kappa shape index (κ2) is 4.03. The van der Waals surface area contributed by atoms with E-state index in [4.69, 9.17) is 11.6 Å². The molecule has 2 nitrogen and oxygen atoms in total. The van der Waals surface area contributed by atoms with Crippen LogP contribution in [-0.4, -0.2) is 10.2 Å². The highest BCUT2D eigenvalue weighted by atomic mass is 35.5. The number of hydrogen-bond donors (Lipinski definition) is 0. The topological polar surface area (TPSA) is 25.8 Å². The van der Waals surface area contributed by atoms with Crippen molar-refractivity contribution in [3.8, 4) is 10.6 Å². The minimum Gasteiger partial charge on any atom is -0.166 e. The summed E-state index contributed by atoms with van der Waals surface area (Å²) in [6.45, 7) is 0. The summed E-state index contributed by atoms with van der Waals surface area (Å²) < 4.78 is 38.1. The van der Waals surface area contributed by atoms with E-state index in [0.717, 1.165) is 17.4 Å². The predicted molar refractivity (Wildman–Crippen MR) is 55.4 cm³/mol. The van der Waals surface area contributed by atoms with E-state index in [1.54, 1.807) is 0 Å². The molecule has 2 aromatic rings. The van der Waals surface area contributed by atoms with Gasteiger partial charge in [0.15, 0.2) is 0 Å². The highest BCUT2D eigenvalue weighted by molar-refractivity contribution is 7.18. The molecule has 0 aliphatic carbocycles. The first-order valence-electron chi connectivity index (χ1n) is 4.14. The Morgan fingerprint density at radius 1 is 1.12 bits per heavy atom. The first-order valence-corrected chi connectivity index (χ1v) is 5.33. The van der Waals surface area contributed by atoms with Gasteiger partial charge in [-0.05, 0) is 17.7 Å². The van der Waals surface area contributed by atoms with Crippen LogP contribution in [0.3, 0.4) is 0 Å². The van der Waals surface area contributed by atoms with Crippen molar-refractivity contribution in [2.24, 2.45) is 0 Å². The van der Waals surface area contributed by atoms with Gasteiger partial charge in [-0.1, -0.05) is 29.5 Å². The fourth-order valence-corrected chi connectivity index (χ4v) is 2.10. The molecule has 0 N–H and O–H groups in total. The minimum atomic E-state index is -4.41. The Balaban J connectivity index is 2.57. The highest BCUT2D eigenvalue weighted by Gasteiger charge is 2.34. The molecule has 0 fully saturated rings. The first-order chi connectivity index (χ1) is 7.48. The van der Waals surface area contributed by atoms with Gasteiger partial charge in [-0.15, -0.1) is 10.2 Å². The molecule has 1 heterocycles. The van der Waals surface area contributed by atoms with E-state index in [-0.39, 0.29) is 15.0 Å². The minimum absolute atomic E-state index is 0.000556. The van der Waals surface area contributed by atoms with Crippen LogP contribution < -0.4 is 0 Å². The van der Waals surface area contributed by atoms with Gasteiger partial charge in [0.25, 0.3) is 0 Å². The van der Waals surface area contributed by atoms with E-state index in [1.165, 1.54) is 18.2 Å². The lowest BCUT2D eigenvalue weighted by Crippen LogP contribution is -2.06. The van der Waals surface area contributed by atoms with E-state index < -0.39 is 11.7 Å². The van der Waals surface area contributed by atoms with Crippen LogP contribution in [0.15, 0.2) is 24.3 Å². The smallest absolute Gasteiger partial charge is 0.166 e. The summed E-state index contributed by atoms with van der Waals surface area (Å²) in [6, 6.07) is 5.19. The molecule has 0 saturated carbocycles. The Labute approximate surface area is 97.7 Å². The second-order valence-electron chi connectivity index (χ2n) is 2.90. The third kappa shape index (κ3) is 2.17. The van der Waals surface area contributed by atoms with E-state index >= 15 is 0 Å². The summed E-state index contributed by atoms with van der Waals surface area (Å²) >= 11 is 6.45. The van der Waals surface area contributed by atoms with Crippen molar-refractivity contribution in [2.75, 3.05) is 0 Å². The molecule has 0 atom stereocenters. The van der Waals surface area contributed by atoms with Gasteiger partial charge in [-0.25, -0.2) is 0 Å². The largest absolute Gasteiger partial charge is 0.417 e. The maximum atomic E-state index is 12.7. The second-order valence-corrected chi connectivity index (χ2v) is 4.46. The number of rotatable bonds is 1. The average Bonchev–Trinajstić information content (AvgIpc) is 2.64. The van der Waals surface area contributed by atoms with Crippen molar-refractivity contribution < 1.29 is 13.2 Å². The molecular weight excluding hydrogens is 261 g/mol. The number of aromatic nitrogens is 2. The summed E-state index contributed by atoms with van der Waals surface area (Å²) in [5.74, 6) is 0. The molecule has 0 bridgehead atoms. The van der Waals surface area contributed by atoms with Crippen molar-refractivity contribution in [3.05, 3.63) is 34.3 Å². The van der Waals surface area contributed by atoms with Gasteiger partial charge in [0.2, 0.25) is 4.47 Å². The molecule has 7 heteroatoms. The lowest BCUT2D eigenvalue weighted by atomic mass is 10.1. The van der Waals surface area contributed by atoms with Crippen LogP contribution in [0.1, 0.15) is 5.56 Å². The Morgan fingerprint density at radius 2 is 1.81 bits per heavy atom. The maximum absolute atomic E-state index is 12.7. The Hall–Kier alpha value is -1.14. The molecule has 0 amide bonds. The number of alkyl halides is 3. The molecule has 0 aliphatic rings. The van der Waals surface area contributed by atoms with Crippen LogP contribution in [0.4, 0.5) is 13.2 Å². The molecule has 2 rings (SSSR count). The molecule has 1 aromatic carbocycles. The van der Waals surface area contributed by atoms with E-state index in [0.29, 0.717) is 0 Å². The monoisotopic (exact) mass is 264 g/mol. The molecular formula is C9H4ClF3N2S. The quantitative estimate of drug-likeness (QED) is 0.781. The van der Waals surface area contributed by atoms with Gasteiger partial charge in [0, 0.05) is 5.56 Å². The maximum Gasteiger partial charge on any atom is 0.417 e. The molecule has 0 saturated heterocycles. The number of nitrogens with zero attached hydrogens (tertiary/aromatic N) is 2. The zero-order valence-corrected chi connectivity index (χ0v) is 9.20. The van der Waals surface area contributed by atoms with Crippen LogP contribution in [0, 0.1) is 0 Å². The zero-order valence-electron chi connectivity index (χ0n) is 7.62. The summed E-state index contributed by atoms with van der Waals surface area (Å²) in [5, 5.41) is 7.24. The molecule has 0 unspecified atom stereocenters. The number of benzene rings is 1. The van der Waals surface area contributed by atoms with Crippen molar-refractivity contribution in [1.82, 2.24) is 10.2 Å². The third-order valence-electron chi connectivity index (χ3n) is 1.86. The van der Waals surface area contributed by atoms with Crippen molar-refractivity contribution in [1.29, 1.82) is 0 Å². The van der Waals surface area contributed by atoms with Crippen molar-refractivity contribution in [2.45, 2.75) is 6.18 Å². The SMILES string of the molecule is FC(F)(F)c1ccccc1-c1nnc(Cl)s1. The van der Waals surface area contributed by atoms with E-state index in [9.17, 15) is 13.2 Å². The molecule has 1 aromatic heterocycles. The van der Waals surface area contributed by atoms with E-state index in [1.807, 2.05) is 0 Å².